The third-order valence-electron chi connectivity index (χ3n) is 2.95. The number of pyridine rings is 1. The quantitative estimate of drug-likeness (QED) is 0.820. The largest absolute Gasteiger partial charge is 0.481 e. The van der Waals surface area contributed by atoms with E-state index in [-0.39, 0.29) is 0 Å². The molecule has 1 aliphatic rings. The number of imide groups is 1. The number of aromatic nitrogens is 1. The second-order valence-electron chi connectivity index (χ2n) is 4.11. The van der Waals surface area contributed by atoms with Crippen LogP contribution < -0.4 is 10.1 Å². The lowest BCUT2D eigenvalue weighted by atomic mass is 10.0. The number of methoxy groups -OCH3 is 1. The molecular formula is C14H10N2O3. The fourth-order valence-corrected chi connectivity index (χ4v) is 2.09. The molecule has 94 valence electrons. The Labute approximate surface area is 108 Å². The number of rotatable bonds is 2. The van der Waals surface area contributed by atoms with E-state index in [2.05, 4.69) is 10.3 Å². The number of benzene rings is 1. The van der Waals surface area contributed by atoms with Crippen molar-refractivity contribution >= 4 is 28.3 Å². The van der Waals surface area contributed by atoms with E-state index in [1.54, 1.807) is 6.07 Å². The Morgan fingerprint density at radius 1 is 1.21 bits per heavy atom. The summed E-state index contributed by atoms with van der Waals surface area (Å²) >= 11 is 0. The third-order valence-corrected chi connectivity index (χ3v) is 2.95. The summed E-state index contributed by atoms with van der Waals surface area (Å²) in [7, 11) is 1.51. The standard InChI is InChI=1S/C14H10N2O3/c1-19-13-7-9(10-6-12(17)16-14(10)18)8-4-2-3-5-11(8)15-13/h2-7H,1H3,(H,16,17,18). The number of fused-ring (bicyclic) bond motifs is 1. The molecule has 1 N–H and O–H groups in total. The predicted octanol–water partition coefficient (Wildman–Crippen LogP) is 1.28. The van der Waals surface area contributed by atoms with Gasteiger partial charge in [0, 0.05) is 23.1 Å². The summed E-state index contributed by atoms with van der Waals surface area (Å²) in [5, 5.41) is 3.04. The van der Waals surface area contributed by atoms with E-state index in [1.807, 2.05) is 24.3 Å². The van der Waals surface area contributed by atoms with Crippen LogP contribution in [0.5, 0.6) is 5.88 Å². The second kappa shape index (κ2) is 4.20. The zero-order valence-electron chi connectivity index (χ0n) is 10.1. The van der Waals surface area contributed by atoms with Crippen LogP contribution in [0.25, 0.3) is 16.5 Å². The topological polar surface area (TPSA) is 68.3 Å². The lowest BCUT2D eigenvalue weighted by Crippen LogP contribution is -2.21. The van der Waals surface area contributed by atoms with Gasteiger partial charge in [0.15, 0.2) is 0 Å². The Kier molecular flexibility index (Phi) is 2.52. The lowest BCUT2D eigenvalue weighted by molar-refractivity contribution is -0.123. The number of carbonyl (C=O) groups excluding carboxylic acids is 2. The summed E-state index contributed by atoms with van der Waals surface area (Å²) < 4.78 is 5.13. The molecule has 0 saturated heterocycles. The van der Waals surface area contributed by atoms with Crippen LogP contribution in [-0.4, -0.2) is 23.9 Å². The number of hydrogen-bond donors (Lipinski definition) is 1. The molecule has 0 spiro atoms. The van der Waals surface area contributed by atoms with Crippen molar-refractivity contribution in [2.24, 2.45) is 0 Å². The molecule has 3 rings (SSSR count). The van der Waals surface area contributed by atoms with E-state index in [1.165, 1.54) is 13.2 Å². The first kappa shape index (κ1) is 11.4. The smallest absolute Gasteiger partial charge is 0.258 e. The molecule has 5 nitrogen and oxygen atoms in total. The highest BCUT2D eigenvalue weighted by Crippen LogP contribution is 2.29. The molecule has 2 heterocycles. The van der Waals surface area contributed by atoms with Crippen LogP contribution in [0.15, 0.2) is 36.4 Å². The van der Waals surface area contributed by atoms with E-state index in [9.17, 15) is 9.59 Å². The monoisotopic (exact) mass is 254 g/mol. The maximum absolute atomic E-state index is 11.8. The maximum atomic E-state index is 11.8. The fourth-order valence-electron chi connectivity index (χ4n) is 2.09. The first-order valence-corrected chi connectivity index (χ1v) is 5.70. The molecule has 19 heavy (non-hydrogen) atoms. The molecule has 5 heteroatoms. The molecule has 0 aliphatic carbocycles. The summed E-state index contributed by atoms with van der Waals surface area (Å²) in [6.45, 7) is 0. The summed E-state index contributed by atoms with van der Waals surface area (Å²) in [4.78, 5) is 27.3. The van der Waals surface area contributed by atoms with Crippen LogP contribution in [0, 0.1) is 0 Å². The zero-order valence-corrected chi connectivity index (χ0v) is 10.1. The SMILES string of the molecule is COc1cc(C2=CC(=O)NC2=O)c2ccccc2n1. The Hall–Kier alpha value is -2.69. The van der Waals surface area contributed by atoms with E-state index in [0.29, 0.717) is 22.5 Å². The van der Waals surface area contributed by atoms with Crippen molar-refractivity contribution in [1.29, 1.82) is 0 Å². The molecule has 1 aromatic heterocycles. The lowest BCUT2D eigenvalue weighted by Gasteiger charge is -2.08. The Morgan fingerprint density at radius 2 is 2.00 bits per heavy atom. The summed E-state index contributed by atoms with van der Waals surface area (Å²) in [6, 6.07) is 9.05. The van der Waals surface area contributed by atoms with Crippen LogP contribution >= 0.6 is 0 Å². The van der Waals surface area contributed by atoms with Gasteiger partial charge in [0.2, 0.25) is 5.88 Å². The molecule has 0 bridgehead atoms. The third kappa shape index (κ3) is 1.85. The highest BCUT2D eigenvalue weighted by Gasteiger charge is 2.24. The molecule has 0 saturated carbocycles. The maximum Gasteiger partial charge on any atom is 0.258 e. The van der Waals surface area contributed by atoms with Crippen molar-refractivity contribution in [2.45, 2.75) is 0 Å². The number of para-hydroxylation sites is 1. The van der Waals surface area contributed by atoms with Gasteiger partial charge in [-0.3, -0.25) is 14.9 Å². The highest BCUT2D eigenvalue weighted by atomic mass is 16.5. The van der Waals surface area contributed by atoms with Gasteiger partial charge in [-0.15, -0.1) is 0 Å². The Morgan fingerprint density at radius 3 is 2.68 bits per heavy atom. The molecule has 1 aromatic carbocycles. The molecule has 0 radical (unpaired) electrons. The minimum Gasteiger partial charge on any atom is -0.481 e. The van der Waals surface area contributed by atoms with Gasteiger partial charge in [0.25, 0.3) is 11.8 Å². The number of hydrogen-bond acceptors (Lipinski definition) is 4. The van der Waals surface area contributed by atoms with Crippen LogP contribution in [-0.2, 0) is 9.59 Å². The predicted molar refractivity (Wildman–Crippen MR) is 69.4 cm³/mol. The van der Waals surface area contributed by atoms with Gasteiger partial charge in [0.05, 0.1) is 18.2 Å². The molecule has 2 amide bonds. The zero-order chi connectivity index (χ0) is 13.4. The van der Waals surface area contributed by atoms with Gasteiger partial charge in [-0.25, -0.2) is 4.98 Å². The Balaban J connectivity index is 2.30. The summed E-state index contributed by atoms with van der Waals surface area (Å²) in [5.41, 5.74) is 1.69. The van der Waals surface area contributed by atoms with Crippen LogP contribution in [0.3, 0.4) is 0 Å². The van der Waals surface area contributed by atoms with Crippen molar-refractivity contribution < 1.29 is 14.3 Å². The first-order valence-electron chi connectivity index (χ1n) is 5.70. The average Bonchev–Trinajstić information content (AvgIpc) is 2.76. The second-order valence-corrected chi connectivity index (χ2v) is 4.11. The number of carbonyl (C=O) groups is 2. The van der Waals surface area contributed by atoms with Crippen LogP contribution in [0.4, 0.5) is 0 Å². The molecule has 2 aromatic rings. The average molecular weight is 254 g/mol. The molecular weight excluding hydrogens is 244 g/mol. The summed E-state index contributed by atoms with van der Waals surface area (Å²) in [6.07, 6.45) is 1.30. The minimum absolute atomic E-state index is 0.335. The molecule has 0 atom stereocenters. The normalized spacial score (nSPS) is 14.5. The van der Waals surface area contributed by atoms with E-state index in [0.717, 1.165) is 5.39 Å². The molecule has 1 aliphatic heterocycles. The van der Waals surface area contributed by atoms with Crippen molar-refractivity contribution in [2.75, 3.05) is 7.11 Å². The Bertz CT molecular complexity index is 735. The molecule has 0 fully saturated rings. The number of nitrogens with zero attached hydrogens (tertiary/aromatic N) is 1. The first-order chi connectivity index (χ1) is 9.19. The van der Waals surface area contributed by atoms with Gasteiger partial charge in [-0.1, -0.05) is 18.2 Å². The van der Waals surface area contributed by atoms with Crippen molar-refractivity contribution in [3.8, 4) is 5.88 Å². The number of nitrogens with one attached hydrogen (secondary N) is 1. The summed E-state index contributed by atoms with van der Waals surface area (Å²) in [5.74, 6) is -0.398. The van der Waals surface area contributed by atoms with Crippen molar-refractivity contribution in [3.05, 3.63) is 42.0 Å². The van der Waals surface area contributed by atoms with Gasteiger partial charge in [0.1, 0.15) is 0 Å². The number of amides is 2. The van der Waals surface area contributed by atoms with E-state index >= 15 is 0 Å². The van der Waals surface area contributed by atoms with Crippen molar-refractivity contribution in [1.82, 2.24) is 10.3 Å². The highest BCUT2D eigenvalue weighted by molar-refractivity contribution is 6.35. The van der Waals surface area contributed by atoms with Gasteiger partial charge in [-0.05, 0) is 6.07 Å². The molecule has 0 unspecified atom stereocenters. The van der Waals surface area contributed by atoms with E-state index in [4.69, 9.17) is 4.74 Å². The van der Waals surface area contributed by atoms with Crippen LogP contribution in [0.2, 0.25) is 0 Å². The van der Waals surface area contributed by atoms with Crippen LogP contribution in [0.1, 0.15) is 5.56 Å². The van der Waals surface area contributed by atoms with Gasteiger partial charge >= 0.3 is 0 Å². The number of ether oxygens (including phenoxy) is 1. The van der Waals surface area contributed by atoms with E-state index < -0.39 is 11.8 Å². The minimum atomic E-state index is -0.403. The fraction of sp³-hybridized carbons (Fsp3) is 0.0714. The van der Waals surface area contributed by atoms with Gasteiger partial charge in [-0.2, -0.15) is 0 Å². The van der Waals surface area contributed by atoms with Crippen molar-refractivity contribution in [3.63, 3.8) is 0 Å². The van der Waals surface area contributed by atoms with Gasteiger partial charge < -0.3 is 4.74 Å².